The Bertz CT molecular complexity index is 942. The van der Waals surface area contributed by atoms with Gasteiger partial charge in [0.15, 0.2) is 6.54 Å². The van der Waals surface area contributed by atoms with Gasteiger partial charge in [-0.05, 0) is 50.8 Å². The van der Waals surface area contributed by atoms with E-state index in [1.165, 1.54) is 10.5 Å². The van der Waals surface area contributed by atoms with E-state index < -0.39 is 10.0 Å². The molecule has 8 heteroatoms. The van der Waals surface area contributed by atoms with E-state index in [9.17, 15) is 13.2 Å². The molecule has 1 fully saturated rings. The highest BCUT2D eigenvalue weighted by Crippen LogP contribution is 2.22. The first-order chi connectivity index (χ1) is 13.3. The third-order valence-corrected chi connectivity index (χ3v) is 6.76. The van der Waals surface area contributed by atoms with E-state index in [1.54, 1.807) is 12.1 Å². The lowest BCUT2D eigenvalue weighted by Crippen LogP contribution is -2.29. The molecule has 1 amide bonds. The second-order valence-corrected chi connectivity index (χ2v) is 9.16. The minimum Gasteiger partial charge on any atom is -0.322 e. The molecule has 2 aromatic rings. The van der Waals surface area contributed by atoms with Crippen LogP contribution in [0.5, 0.6) is 0 Å². The van der Waals surface area contributed by atoms with Gasteiger partial charge in [-0.3, -0.25) is 10.1 Å². The fourth-order valence-electron chi connectivity index (χ4n) is 3.49. The number of hydrogen-bond acceptors (Lipinski definition) is 4. The van der Waals surface area contributed by atoms with Crippen LogP contribution in [0.4, 0.5) is 11.5 Å². The molecular weight excluding hydrogens is 376 g/mol. The van der Waals surface area contributed by atoms with Crippen LogP contribution in [0.25, 0.3) is 0 Å². The summed E-state index contributed by atoms with van der Waals surface area (Å²) in [4.78, 5) is 15.4. The van der Waals surface area contributed by atoms with Crippen LogP contribution in [0.1, 0.15) is 29.5 Å². The Balaban J connectivity index is 1.60. The topological polar surface area (TPSA) is 92.7 Å². The summed E-state index contributed by atoms with van der Waals surface area (Å²) < 4.78 is 26.6. The first kappa shape index (κ1) is 20.3. The van der Waals surface area contributed by atoms with Crippen molar-refractivity contribution in [3.05, 3.63) is 47.2 Å². The zero-order chi connectivity index (χ0) is 20.3. The van der Waals surface area contributed by atoms with Crippen LogP contribution >= 0.6 is 0 Å². The fraction of sp³-hybridized carbons (Fsp3) is 0.400. The molecule has 0 spiro atoms. The van der Waals surface area contributed by atoms with E-state index in [1.807, 2.05) is 32.9 Å². The summed E-state index contributed by atoms with van der Waals surface area (Å²) in [6.45, 7) is 7.17. The van der Waals surface area contributed by atoms with Crippen LogP contribution in [0.2, 0.25) is 0 Å². The van der Waals surface area contributed by atoms with Crippen molar-refractivity contribution in [1.82, 2.24) is 4.31 Å². The number of nitrogens with one attached hydrogen (secondary N) is 3. The zero-order valence-electron chi connectivity index (χ0n) is 16.5. The number of sulfonamides is 1. The molecule has 0 radical (unpaired) electrons. The number of aromatic nitrogens is 1. The lowest BCUT2D eigenvalue weighted by atomic mass is 10.1. The highest BCUT2D eigenvalue weighted by Gasteiger charge is 2.28. The molecule has 1 aliphatic heterocycles. The first-order valence-corrected chi connectivity index (χ1v) is 10.8. The van der Waals surface area contributed by atoms with Crippen LogP contribution in [0.15, 0.2) is 35.4 Å². The smallest absolute Gasteiger partial charge is 0.272 e. The number of amides is 1. The van der Waals surface area contributed by atoms with Gasteiger partial charge < -0.3 is 5.32 Å². The second kappa shape index (κ2) is 8.28. The number of rotatable bonds is 6. The fourth-order valence-corrected chi connectivity index (χ4v) is 4.98. The van der Waals surface area contributed by atoms with E-state index in [0.717, 1.165) is 35.2 Å². The SMILES string of the molecule is Cc1cc(C)c(NC(=O)CNc2ccc(S(=O)(=O)N3CCCC3)c[nH+]2)c(C)c1. The number of carbonyl (C=O) groups excluding carboxylic acids is 1. The summed E-state index contributed by atoms with van der Waals surface area (Å²) >= 11 is 0. The predicted octanol–water partition coefficient (Wildman–Crippen LogP) is 2.26. The molecular formula is C20H27N4O3S+. The van der Waals surface area contributed by atoms with E-state index in [-0.39, 0.29) is 17.3 Å². The van der Waals surface area contributed by atoms with E-state index in [2.05, 4.69) is 15.6 Å². The standard InChI is InChI=1S/C20H26N4O3S/c1-14-10-15(2)20(16(3)11-14)23-19(25)13-22-18-7-6-17(12-21-18)28(26,27)24-8-4-5-9-24/h6-7,10-12H,4-5,8-9,13H2,1-3H3,(H,21,22)(H,23,25)/p+1. The molecule has 1 aromatic heterocycles. The van der Waals surface area contributed by atoms with Gasteiger partial charge in [0, 0.05) is 24.8 Å². The number of pyridine rings is 1. The van der Waals surface area contributed by atoms with Crippen molar-refractivity contribution in [2.45, 2.75) is 38.5 Å². The maximum Gasteiger partial charge on any atom is 0.272 e. The molecule has 0 atom stereocenters. The van der Waals surface area contributed by atoms with Crippen LogP contribution in [-0.4, -0.2) is 38.3 Å². The first-order valence-electron chi connectivity index (χ1n) is 9.41. The molecule has 3 N–H and O–H groups in total. The van der Waals surface area contributed by atoms with Crippen molar-refractivity contribution in [2.75, 3.05) is 30.3 Å². The van der Waals surface area contributed by atoms with Crippen LogP contribution in [0.3, 0.4) is 0 Å². The molecule has 2 heterocycles. The van der Waals surface area contributed by atoms with Crippen molar-refractivity contribution >= 4 is 27.4 Å². The van der Waals surface area contributed by atoms with Crippen LogP contribution < -0.4 is 15.6 Å². The average molecular weight is 404 g/mol. The summed E-state index contributed by atoms with van der Waals surface area (Å²) in [5.74, 6) is 0.407. The molecule has 1 aromatic carbocycles. The largest absolute Gasteiger partial charge is 0.322 e. The van der Waals surface area contributed by atoms with Gasteiger partial charge in [-0.25, -0.2) is 13.4 Å². The molecule has 0 saturated carbocycles. The van der Waals surface area contributed by atoms with E-state index in [0.29, 0.717) is 18.9 Å². The van der Waals surface area contributed by atoms with E-state index in [4.69, 9.17) is 0 Å². The van der Waals surface area contributed by atoms with Gasteiger partial charge in [-0.15, -0.1) is 0 Å². The Labute approximate surface area is 166 Å². The van der Waals surface area contributed by atoms with Gasteiger partial charge in [0.1, 0.15) is 11.1 Å². The van der Waals surface area contributed by atoms with Crippen LogP contribution in [-0.2, 0) is 14.8 Å². The molecule has 1 aliphatic rings. The monoisotopic (exact) mass is 403 g/mol. The van der Waals surface area contributed by atoms with Gasteiger partial charge in [0.2, 0.25) is 10.0 Å². The summed E-state index contributed by atoms with van der Waals surface area (Å²) in [6, 6.07) is 7.25. The predicted molar refractivity (Wildman–Crippen MR) is 109 cm³/mol. The third-order valence-electron chi connectivity index (χ3n) is 4.87. The maximum absolute atomic E-state index is 12.5. The van der Waals surface area contributed by atoms with Crippen molar-refractivity contribution in [3.8, 4) is 0 Å². The summed E-state index contributed by atoms with van der Waals surface area (Å²) in [7, 11) is -3.45. The number of carbonyl (C=O) groups is 1. The minimum absolute atomic E-state index is 0.0709. The van der Waals surface area contributed by atoms with E-state index >= 15 is 0 Å². The lowest BCUT2D eigenvalue weighted by Gasteiger charge is -2.14. The number of H-pyrrole nitrogens is 1. The Hall–Kier alpha value is -2.45. The number of hydrogen-bond donors (Lipinski definition) is 2. The summed E-state index contributed by atoms with van der Waals surface area (Å²) in [5, 5.41) is 5.92. The Morgan fingerprint density at radius 3 is 2.32 bits per heavy atom. The normalized spacial score (nSPS) is 14.8. The number of nitrogens with zero attached hydrogens (tertiary/aromatic N) is 1. The lowest BCUT2D eigenvalue weighted by molar-refractivity contribution is -0.364. The molecule has 28 heavy (non-hydrogen) atoms. The second-order valence-electron chi connectivity index (χ2n) is 7.22. The van der Waals surface area contributed by atoms with Crippen molar-refractivity contribution < 1.29 is 18.2 Å². The molecule has 1 saturated heterocycles. The highest BCUT2D eigenvalue weighted by atomic mass is 32.2. The molecule has 150 valence electrons. The number of anilines is 2. The van der Waals surface area contributed by atoms with Gasteiger partial charge in [0.05, 0.1) is 0 Å². The van der Waals surface area contributed by atoms with Gasteiger partial charge in [-0.1, -0.05) is 17.7 Å². The van der Waals surface area contributed by atoms with Crippen molar-refractivity contribution in [3.63, 3.8) is 0 Å². The Kier molecular flexibility index (Phi) is 6.00. The highest BCUT2D eigenvalue weighted by molar-refractivity contribution is 7.89. The van der Waals surface area contributed by atoms with Gasteiger partial charge in [-0.2, -0.15) is 4.31 Å². The molecule has 0 unspecified atom stereocenters. The summed E-state index contributed by atoms with van der Waals surface area (Å²) in [5.41, 5.74) is 4.03. The zero-order valence-corrected chi connectivity index (χ0v) is 17.3. The van der Waals surface area contributed by atoms with Gasteiger partial charge >= 0.3 is 0 Å². The summed E-state index contributed by atoms with van der Waals surface area (Å²) in [6.07, 6.45) is 3.26. The van der Waals surface area contributed by atoms with Crippen molar-refractivity contribution in [1.29, 1.82) is 0 Å². The van der Waals surface area contributed by atoms with Gasteiger partial charge in [0.25, 0.3) is 11.7 Å². The maximum atomic E-state index is 12.5. The Morgan fingerprint density at radius 1 is 1.11 bits per heavy atom. The molecule has 0 aliphatic carbocycles. The average Bonchev–Trinajstić information content (AvgIpc) is 3.19. The molecule has 0 bridgehead atoms. The number of aromatic amines is 1. The minimum atomic E-state index is -3.45. The third kappa shape index (κ3) is 4.51. The quantitative estimate of drug-likeness (QED) is 0.774. The number of benzene rings is 1. The van der Waals surface area contributed by atoms with Crippen molar-refractivity contribution in [2.24, 2.45) is 0 Å². The Morgan fingerprint density at radius 2 is 1.75 bits per heavy atom. The van der Waals surface area contributed by atoms with Crippen LogP contribution in [0, 0.1) is 20.8 Å². The number of aryl methyl sites for hydroxylation is 3. The molecule has 7 nitrogen and oxygen atoms in total. The molecule has 3 rings (SSSR count).